The van der Waals surface area contributed by atoms with Gasteiger partial charge in [0.1, 0.15) is 12.8 Å². The Morgan fingerprint density at radius 3 is 2.81 bits per heavy atom. The van der Waals surface area contributed by atoms with Crippen molar-refractivity contribution in [1.29, 1.82) is 0 Å². The second kappa shape index (κ2) is 5.33. The number of ether oxygens (including phenoxy) is 1. The predicted molar refractivity (Wildman–Crippen MR) is 79.0 cm³/mol. The Balaban J connectivity index is 2.11. The van der Waals surface area contributed by atoms with Crippen LogP contribution in [0.1, 0.15) is 23.7 Å². The quantitative estimate of drug-likeness (QED) is 0.779. The Hall–Kier alpha value is -2.14. The molecule has 2 amide bonds. The molecule has 0 spiro atoms. The summed E-state index contributed by atoms with van der Waals surface area (Å²) in [5.74, 6) is -0.161. The lowest BCUT2D eigenvalue weighted by Gasteiger charge is -2.24. The fraction of sp³-hybridized carbons (Fsp3) is 0.375. The van der Waals surface area contributed by atoms with Crippen LogP contribution in [0.25, 0.3) is 0 Å². The van der Waals surface area contributed by atoms with Gasteiger partial charge in [-0.15, -0.1) is 0 Å². The summed E-state index contributed by atoms with van der Waals surface area (Å²) in [4.78, 5) is 28.8. The highest BCUT2D eigenvalue weighted by Crippen LogP contribution is 2.33. The molecule has 21 heavy (non-hydrogen) atoms. The zero-order valence-corrected chi connectivity index (χ0v) is 12.2. The first-order valence-electron chi connectivity index (χ1n) is 7.01. The van der Waals surface area contributed by atoms with Gasteiger partial charge in [0.25, 0.3) is 11.8 Å². The van der Waals surface area contributed by atoms with Crippen LogP contribution in [0.15, 0.2) is 35.9 Å². The second-order valence-corrected chi connectivity index (χ2v) is 5.30. The van der Waals surface area contributed by atoms with E-state index in [2.05, 4.69) is 0 Å². The summed E-state index contributed by atoms with van der Waals surface area (Å²) < 4.78 is 5.16. The van der Waals surface area contributed by atoms with E-state index in [1.807, 2.05) is 25.1 Å². The minimum atomic E-state index is -0.425. The monoisotopic (exact) mass is 286 g/mol. The van der Waals surface area contributed by atoms with Crippen molar-refractivity contribution in [2.24, 2.45) is 0 Å². The van der Waals surface area contributed by atoms with Crippen LogP contribution in [0, 0.1) is 0 Å². The minimum absolute atomic E-state index is 0.0769. The van der Waals surface area contributed by atoms with Gasteiger partial charge < -0.3 is 9.64 Å². The Kier molecular flexibility index (Phi) is 3.51. The third kappa shape index (κ3) is 2.14. The Morgan fingerprint density at radius 2 is 2.10 bits per heavy atom. The maximum atomic E-state index is 12.8. The number of nitrogens with zero attached hydrogens (tertiary/aromatic N) is 2. The topological polar surface area (TPSA) is 49.9 Å². The SMILES string of the molecule is C/C=C1/C[C@H]2C(=O)N(COC)c3ccccc3C(=O)N2C1. The molecule has 1 aromatic carbocycles. The number of methoxy groups -OCH3 is 1. The third-order valence-electron chi connectivity index (χ3n) is 4.11. The first kappa shape index (κ1) is 13.8. The summed E-state index contributed by atoms with van der Waals surface area (Å²) in [6.07, 6.45) is 2.59. The Bertz CT molecular complexity index is 624. The van der Waals surface area contributed by atoms with Gasteiger partial charge in [0.15, 0.2) is 0 Å². The first-order valence-corrected chi connectivity index (χ1v) is 7.01. The highest BCUT2D eigenvalue weighted by atomic mass is 16.5. The van der Waals surface area contributed by atoms with Gasteiger partial charge in [-0.25, -0.2) is 0 Å². The van der Waals surface area contributed by atoms with Crippen molar-refractivity contribution in [3.63, 3.8) is 0 Å². The second-order valence-electron chi connectivity index (χ2n) is 5.30. The molecule has 0 aromatic heterocycles. The molecule has 0 saturated carbocycles. The van der Waals surface area contributed by atoms with Gasteiger partial charge in [-0.3, -0.25) is 14.5 Å². The van der Waals surface area contributed by atoms with Crippen LogP contribution < -0.4 is 4.90 Å². The van der Waals surface area contributed by atoms with E-state index in [1.54, 1.807) is 29.0 Å². The summed E-state index contributed by atoms with van der Waals surface area (Å²) in [6.45, 7) is 2.62. The molecule has 0 N–H and O–H groups in total. The van der Waals surface area contributed by atoms with E-state index >= 15 is 0 Å². The van der Waals surface area contributed by atoms with Crippen LogP contribution in [0.5, 0.6) is 0 Å². The molecule has 1 fully saturated rings. The number of carbonyl (C=O) groups excluding carboxylic acids is 2. The molecule has 0 aliphatic carbocycles. The lowest BCUT2D eigenvalue weighted by atomic mass is 10.1. The van der Waals surface area contributed by atoms with Crippen molar-refractivity contribution in [2.75, 3.05) is 25.3 Å². The van der Waals surface area contributed by atoms with Crippen LogP contribution >= 0.6 is 0 Å². The van der Waals surface area contributed by atoms with E-state index in [4.69, 9.17) is 4.74 Å². The van der Waals surface area contributed by atoms with Crippen molar-refractivity contribution < 1.29 is 14.3 Å². The number of fused-ring (bicyclic) bond motifs is 2. The summed E-state index contributed by atoms with van der Waals surface area (Å²) in [5.41, 5.74) is 2.31. The van der Waals surface area contributed by atoms with Gasteiger partial charge in [0.05, 0.1) is 11.3 Å². The molecule has 5 nitrogen and oxygen atoms in total. The van der Waals surface area contributed by atoms with E-state index in [0.717, 1.165) is 5.57 Å². The van der Waals surface area contributed by atoms with E-state index in [9.17, 15) is 9.59 Å². The number of rotatable bonds is 2. The van der Waals surface area contributed by atoms with E-state index in [1.165, 1.54) is 0 Å². The summed E-state index contributed by atoms with van der Waals surface area (Å²) in [7, 11) is 1.55. The Labute approximate surface area is 123 Å². The summed E-state index contributed by atoms with van der Waals surface area (Å²) in [5, 5.41) is 0. The fourth-order valence-electron chi connectivity index (χ4n) is 3.00. The van der Waals surface area contributed by atoms with Gasteiger partial charge >= 0.3 is 0 Å². The van der Waals surface area contributed by atoms with Crippen LogP contribution in [-0.2, 0) is 9.53 Å². The number of hydrogen-bond acceptors (Lipinski definition) is 3. The molecule has 2 heterocycles. The lowest BCUT2D eigenvalue weighted by molar-refractivity contribution is -0.123. The molecule has 0 unspecified atom stereocenters. The Morgan fingerprint density at radius 1 is 1.33 bits per heavy atom. The fourth-order valence-corrected chi connectivity index (χ4v) is 3.00. The number of amides is 2. The number of hydrogen-bond donors (Lipinski definition) is 0. The van der Waals surface area contributed by atoms with Gasteiger partial charge in [0, 0.05) is 13.7 Å². The standard InChI is InChI=1S/C16H18N2O3/c1-3-11-8-14-16(20)18(10-21-2)13-7-5-4-6-12(13)15(19)17(14)9-11/h3-7,14H,8-10H2,1-2H3/b11-3-/t14-/m0/s1. The van der Waals surface area contributed by atoms with Crippen molar-refractivity contribution >= 4 is 17.5 Å². The van der Waals surface area contributed by atoms with Crippen molar-refractivity contribution in [3.05, 3.63) is 41.5 Å². The van der Waals surface area contributed by atoms with Crippen molar-refractivity contribution in [1.82, 2.24) is 4.90 Å². The smallest absolute Gasteiger partial charge is 0.256 e. The minimum Gasteiger partial charge on any atom is -0.364 e. The molecule has 5 heteroatoms. The molecule has 1 aromatic rings. The van der Waals surface area contributed by atoms with Gasteiger partial charge in [0.2, 0.25) is 0 Å². The number of allylic oxidation sites excluding steroid dienone is 1. The molecule has 2 aliphatic heterocycles. The number of anilines is 1. The summed E-state index contributed by atoms with van der Waals surface area (Å²) in [6, 6.07) is 6.79. The van der Waals surface area contributed by atoms with E-state index in [-0.39, 0.29) is 18.5 Å². The van der Waals surface area contributed by atoms with Crippen molar-refractivity contribution in [3.8, 4) is 0 Å². The largest absolute Gasteiger partial charge is 0.364 e. The van der Waals surface area contributed by atoms with Crippen LogP contribution in [0.3, 0.4) is 0 Å². The number of benzene rings is 1. The lowest BCUT2D eigenvalue weighted by Crippen LogP contribution is -2.45. The van der Waals surface area contributed by atoms with Gasteiger partial charge in [-0.2, -0.15) is 0 Å². The third-order valence-corrected chi connectivity index (χ3v) is 4.11. The highest BCUT2D eigenvalue weighted by molar-refractivity contribution is 6.11. The molecule has 2 aliphatic rings. The molecule has 0 radical (unpaired) electrons. The van der Waals surface area contributed by atoms with E-state index < -0.39 is 6.04 Å². The molecule has 3 rings (SSSR count). The maximum Gasteiger partial charge on any atom is 0.256 e. The molecular weight excluding hydrogens is 268 g/mol. The zero-order chi connectivity index (χ0) is 15.0. The molecule has 0 bridgehead atoms. The average Bonchev–Trinajstić information content (AvgIpc) is 2.93. The predicted octanol–water partition coefficient (Wildman–Crippen LogP) is 1.80. The van der Waals surface area contributed by atoms with Crippen LogP contribution in [0.4, 0.5) is 5.69 Å². The number of para-hydroxylation sites is 1. The summed E-state index contributed by atoms with van der Waals surface area (Å²) >= 11 is 0. The normalized spacial score (nSPS) is 23.3. The molecular formula is C16H18N2O3. The van der Waals surface area contributed by atoms with E-state index in [0.29, 0.717) is 24.2 Å². The van der Waals surface area contributed by atoms with Crippen LogP contribution in [0.2, 0.25) is 0 Å². The molecule has 1 saturated heterocycles. The van der Waals surface area contributed by atoms with Gasteiger partial charge in [-0.1, -0.05) is 23.8 Å². The highest BCUT2D eigenvalue weighted by Gasteiger charge is 2.43. The molecule has 1 atom stereocenters. The average molecular weight is 286 g/mol. The first-order chi connectivity index (χ1) is 10.2. The van der Waals surface area contributed by atoms with Crippen LogP contribution in [-0.4, -0.2) is 43.1 Å². The van der Waals surface area contributed by atoms with Crippen molar-refractivity contribution in [2.45, 2.75) is 19.4 Å². The maximum absolute atomic E-state index is 12.8. The zero-order valence-electron chi connectivity index (χ0n) is 12.2. The molecule has 110 valence electrons. The number of carbonyl (C=O) groups is 2. The van der Waals surface area contributed by atoms with Gasteiger partial charge in [-0.05, 0) is 25.5 Å².